The lowest BCUT2D eigenvalue weighted by atomic mass is 9.74. The van der Waals surface area contributed by atoms with Gasteiger partial charge < -0.3 is 14.5 Å². The molecule has 2 amide bonds. The number of nitrogens with one attached hydrogen (secondary N) is 2. The third-order valence-corrected chi connectivity index (χ3v) is 5.00. The molecule has 1 aliphatic heterocycles. The fourth-order valence-corrected chi connectivity index (χ4v) is 3.22. The maximum absolute atomic E-state index is 12.6. The number of ether oxygens (including phenoxy) is 1. The van der Waals surface area contributed by atoms with Gasteiger partial charge in [0.1, 0.15) is 5.75 Å². The maximum atomic E-state index is 12.6. The molecule has 1 aliphatic rings. The highest BCUT2D eigenvalue weighted by atomic mass is 16.7. The molecule has 0 radical (unpaired) electrons. The number of hydrazine groups is 1. The van der Waals surface area contributed by atoms with Crippen molar-refractivity contribution in [1.29, 1.82) is 0 Å². The highest BCUT2D eigenvalue weighted by Gasteiger charge is 2.35. The van der Waals surface area contributed by atoms with Crippen LogP contribution in [0.3, 0.4) is 0 Å². The van der Waals surface area contributed by atoms with Crippen molar-refractivity contribution in [3.63, 3.8) is 0 Å². The first kappa shape index (κ1) is 21.8. The molecule has 0 spiro atoms. The topological polar surface area (TPSA) is 100 Å². The van der Waals surface area contributed by atoms with Crippen molar-refractivity contribution < 1.29 is 24.1 Å². The predicted octanol–water partition coefficient (Wildman–Crippen LogP) is 1.31. The minimum atomic E-state index is -1.10. The molecule has 0 saturated heterocycles. The summed E-state index contributed by atoms with van der Waals surface area (Å²) >= 11 is 0. The van der Waals surface area contributed by atoms with Gasteiger partial charge in [0.15, 0.2) is 0 Å². The first-order chi connectivity index (χ1) is 14.1. The first-order valence-corrected chi connectivity index (χ1v) is 9.61. The molecule has 8 nitrogen and oxygen atoms in total. The summed E-state index contributed by atoms with van der Waals surface area (Å²) in [5, 5.41) is 11.9. The van der Waals surface area contributed by atoms with Gasteiger partial charge in [-0.05, 0) is 63.0 Å². The van der Waals surface area contributed by atoms with Crippen LogP contribution >= 0.6 is 0 Å². The number of hydrogen-bond donors (Lipinski definition) is 3. The van der Waals surface area contributed by atoms with Gasteiger partial charge in [-0.1, -0.05) is 12.1 Å². The monoisotopic (exact) mass is 411 g/mol. The smallest absolute Gasteiger partial charge is 0.496 e. The van der Waals surface area contributed by atoms with E-state index >= 15 is 0 Å². The maximum Gasteiger partial charge on any atom is 0.508 e. The van der Waals surface area contributed by atoms with Gasteiger partial charge in [0.25, 0.3) is 11.8 Å². The third-order valence-electron chi connectivity index (χ3n) is 5.00. The van der Waals surface area contributed by atoms with Crippen LogP contribution in [-0.4, -0.2) is 41.7 Å². The number of hydroxylamine groups is 2. The molecule has 0 unspecified atom stereocenters. The highest BCUT2D eigenvalue weighted by molar-refractivity contribution is 6.60. The van der Waals surface area contributed by atoms with Crippen molar-refractivity contribution in [2.75, 3.05) is 7.11 Å². The van der Waals surface area contributed by atoms with E-state index in [4.69, 9.17) is 9.49 Å². The molecule has 0 bridgehead atoms. The Morgan fingerprint density at radius 3 is 2.53 bits per heavy atom. The molecule has 30 heavy (non-hydrogen) atoms. The summed E-state index contributed by atoms with van der Waals surface area (Å²) in [6.07, 6.45) is 0. The van der Waals surface area contributed by atoms with E-state index in [-0.39, 0.29) is 5.54 Å². The zero-order valence-electron chi connectivity index (χ0n) is 17.8. The van der Waals surface area contributed by atoms with Crippen LogP contribution in [0.15, 0.2) is 36.4 Å². The number of carbonyl (C=O) groups is 2. The van der Waals surface area contributed by atoms with E-state index in [0.717, 1.165) is 5.56 Å². The zero-order valence-corrected chi connectivity index (χ0v) is 17.8. The number of rotatable bonds is 3. The normalized spacial score (nSPS) is 14.1. The second-order valence-corrected chi connectivity index (χ2v) is 8.12. The number of fused-ring (bicyclic) bond motifs is 1. The first-order valence-electron chi connectivity index (χ1n) is 9.61. The molecule has 2 aromatic carbocycles. The van der Waals surface area contributed by atoms with Crippen molar-refractivity contribution in [2.45, 2.75) is 39.8 Å². The molecule has 9 heteroatoms. The van der Waals surface area contributed by atoms with E-state index in [1.807, 2.05) is 20.8 Å². The average molecular weight is 411 g/mol. The van der Waals surface area contributed by atoms with Crippen LogP contribution in [0, 0.1) is 6.92 Å². The molecular formula is C21H26BN3O5. The summed E-state index contributed by atoms with van der Waals surface area (Å²) in [5.41, 5.74) is 7.39. The van der Waals surface area contributed by atoms with Gasteiger partial charge in [0.2, 0.25) is 0 Å². The fourth-order valence-electron chi connectivity index (χ4n) is 3.22. The number of benzene rings is 2. The van der Waals surface area contributed by atoms with E-state index in [1.54, 1.807) is 48.4 Å². The molecule has 1 heterocycles. The van der Waals surface area contributed by atoms with Gasteiger partial charge in [-0.3, -0.25) is 20.4 Å². The molecule has 0 aromatic heterocycles. The molecule has 3 N–H and O–H groups in total. The van der Waals surface area contributed by atoms with Crippen LogP contribution in [0.25, 0.3) is 0 Å². The summed E-state index contributed by atoms with van der Waals surface area (Å²) in [7, 11) is 0.436. The Labute approximate surface area is 176 Å². The van der Waals surface area contributed by atoms with E-state index in [9.17, 15) is 14.6 Å². The zero-order chi connectivity index (χ0) is 22.1. The SMILES string of the molecule is COc1cccc(C(=O)NNC(=O)c2ccc3c(c2)CN(C(C)(C)C)OB3O)c1C. The van der Waals surface area contributed by atoms with Crippen LogP contribution in [0.2, 0.25) is 0 Å². The van der Waals surface area contributed by atoms with E-state index < -0.39 is 18.9 Å². The predicted molar refractivity (Wildman–Crippen MR) is 113 cm³/mol. The van der Waals surface area contributed by atoms with Gasteiger partial charge in [-0.15, -0.1) is 0 Å². The van der Waals surface area contributed by atoms with Crippen molar-refractivity contribution in [3.8, 4) is 5.75 Å². The largest absolute Gasteiger partial charge is 0.508 e. The van der Waals surface area contributed by atoms with Crippen molar-refractivity contribution >= 4 is 24.4 Å². The number of hydrogen-bond acceptors (Lipinski definition) is 6. The molecule has 0 aliphatic carbocycles. The van der Waals surface area contributed by atoms with Crippen molar-refractivity contribution in [1.82, 2.24) is 15.9 Å². The van der Waals surface area contributed by atoms with Gasteiger partial charge in [-0.25, -0.2) is 0 Å². The van der Waals surface area contributed by atoms with Crippen LogP contribution in [-0.2, 0) is 11.3 Å². The van der Waals surface area contributed by atoms with E-state index in [0.29, 0.717) is 34.4 Å². The molecule has 0 atom stereocenters. The number of nitrogens with zero attached hydrogens (tertiary/aromatic N) is 1. The molecule has 158 valence electrons. The Morgan fingerprint density at radius 2 is 1.87 bits per heavy atom. The van der Waals surface area contributed by atoms with E-state index in [2.05, 4.69) is 10.9 Å². The molecule has 3 rings (SSSR count). The summed E-state index contributed by atoms with van der Waals surface area (Å²) in [5.74, 6) is -0.316. The third kappa shape index (κ3) is 4.48. The lowest BCUT2D eigenvalue weighted by Crippen LogP contribution is -2.54. The van der Waals surface area contributed by atoms with Gasteiger partial charge >= 0.3 is 7.12 Å². The number of carbonyl (C=O) groups excluding carboxylic acids is 2. The quantitative estimate of drug-likeness (QED) is 0.520. The Bertz CT molecular complexity index is 974. The number of amides is 2. The van der Waals surface area contributed by atoms with Crippen LogP contribution < -0.4 is 21.1 Å². The minimum absolute atomic E-state index is 0.320. The second-order valence-electron chi connectivity index (χ2n) is 8.12. The fraction of sp³-hybridized carbons (Fsp3) is 0.333. The summed E-state index contributed by atoms with van der Waals surface area (Å²) in [4.78, 5) is 25.0. The van der Waals surface area contributed by atoms with Crippen LogP contribution in [0.1, 0.15) is 52.6 Å². The van der Waals surface area contributed by atoms with Crippen molar-refractivity contribution in [3.05, 3.63) is 58.7 Å². The summed E-state index contributed by atoms with van der Waals surface area (Å²) in [6.45, 7) is 8.10. The minimum Gasteiger partial charge on any atom is -0.496 e. The van der Waals surface area contributed by atoms with Gasteiger partial charge in [0, 0.05) is 28.8 Å². The molecule has 2 aromatic rings. The van der Waals surface area contributed by atoms with Crippen LogP contribution in [0.5, 0.6) is 5.75 Å². The standard InChI is InChI=1S/C21H26BN3O5/c1-13-16(7-6-8-18(13)29-5)20(27)24-23-19(26)14-9-10-17-15(11-14)12-25(21(2,3)4)30-22(17)28/h6-11,28H,12H2,1-5H3,(H,23,26)(H,24,27). The Kier molecular flexibility index (Phi) is 6.16. The second kappa shape index (κ2) is 8.47. The number of methoxy groups -OCH3 is 1. The Balaban J connectivity index is 1.72. The molecule has 0 saturated carbocycles. The Hall–Kier alpha value is -2.88. The molecule has 0 fully saturated rings. The lowest BCUT2D eigenvalue weighted by molar-refractivity contribution is -0.151. The average Bonchev–Trinajstić information content (AvgIpc) is 2.70. The van der Waals surface area contributed by atoms with Gasteiger partial charge in [0.05, 0.1) is 7.11 Å². The highest BCUT2D eigenvalue weighted by Crippen LogP contribution is 2.22. The van der Waals surface area contributed by atoms with Gasteiger partial charge in [-0.2, -0.15) is 5.06 Å². The lowest BCUT2D eigenvalue weighted by Gasteiger charge is -2.39. The summed E-state index contributed by atoms with van der Waals surface area (Å²) in [6, 6.07) is 10.1. The van der Waals surface area contributed by atoms with Crippen LogP contribution in [0.4, 0.5) is 0 Å². The molecular weight excluding hydrogens is 385 g/mol. The Morgan fingerprint density at radius 1 is 1.17 bits per heavy atom. The summed E-state index contributed by atoms with van der Waals surface area (Å²) < 4.78 is 10.8. The van der Waals surface area contributed by atoms with E-state index in [1.165, 1.54) is 7.11 Å². The van der Waals surface area contributed by atoms with Crippen molar-refractivity contribution in [2.24, 2.45) is 0 Å².